The first-order valence-corrected chi connectivity index (χ1v) is 9.21. The topological polar surface area (TPSA) is 72.5 Å². The minimum absolute atomic E-state index is 0.164. The molecule has 0 heterocycles. The molecule has 1 saturated carbocycles. The molecule has 2 aliphatic rings. The molecule has 1 aromatic carbocycles. The predicted octanol–water partition coefficient (Wildman–Crippen LogP) is 3.06. The Kier molecular flexibility index (Phi) is 5.51. The zero-order valence-electron chi connectivity index (χ0n) is 14.7. The van der Waals surface area contributed by atoms with Gasteiger partial charge in [-0.15, -0.1) is 0 Å². The van der Waals surface area contributed by atoms with E-state index in [9.17, 15) is 14.4 Å². The lowest BCUT2D eigenvalue weighted by Crippen LogP contribution is -2.38. The lowest BCUT2D eigenvalue weighted by Gasteiger charge is -2.18. The molecule has 1 fully saturated rings. The number of fused-ring (bicyclic) bond motifs is 1. The van der Waals surface area contributed by atoms with E-state index in [-0.39, 0.29) is 30.1 Å². The van der Waals surface area contributed by atoms with Crippen LogP contribution in [0.1, 0.15) is 71.7 Å². The molecule has 0 aliphatic heterocycles. The van der Waals surface area contributed by atoms with Crippen molar-refractivity contribution in [3.05, 3.63) is 34.9 Å². The van der Waals surface area contributed by atoms with Gasteiger partial charge in [-0.3, -0.25) is 14.4 Å². The normalized spacial score (nSPS) is 18.0. The molecule has 5 heteroatoms. The van der Waals surface area contributed by atoms with Gasteiger partial charge >= 0.3 is 5.97 Å². The first kappa shape index (κ1) is 17.6. The number of amides is 1. The standard InChI is InChI=1S/C20H25NO4/c1-2-25-19(23)12-17(13-7-8-13)21-20(24)15-9-10-16-14(11-15)5-3-4-6-18(16)22/h9-11,13,17H,2-8,12H2,1H3,(H,21,24)/t17-/m0/s1. The van der Waals surface area contributed by atoms with Gasteiger partial charge in [-0.25, -0.2) is 0 Å². The third-order valence-electron chi connectivity index (χ3n) is 4.97. The summed E-state index contributed by atoms with van der Waals surface area (Å²) in [5, 5.41) is 2.99. The van der Waals surface area contributed by atoms with Crippen LogP contribution in [0.25, 0.3) is 0 Å². The Balaban J connectivity index is 1.70. The zero-order chi connectivity index (χ0) is 17.8. The van der Waals surface area contributed by atoms with Gasteiger partial charge in [0.1, 0.15) is 0 Å². The van der Waals surface area contributed by atoms with E-state index in [0.29, 0.717) is 24.5 Å². The number of rotatable bonds is 6. The van der Waals surface area contributed by atoms with Crippen molar-refractivity contribution in [3.8, 4) is 0 Å². The fourth-order valence-electron chi connectivity index (χ4n) is 3.43. The van der Waals surface area contributed by atoms with Gasteiger partial charge in [-0.05, 0) is 62.6 Å². The molecule has 1 aromatic rings. The summed E-state index contributed by atoms with van der Waals surface area (Å²) in [7, 11) is 0. The van der Waals surface area contributed by atoms with E-state index >= 15 is 0 Å². The molecule has 134 valence electrons. The van der Waals surface area contributed by atoms with E-state index in [4.69, 9.17) is 4.74 Å². The van der Waals surface area contributed by atoms with E-state index in [1.54, 1.807) is 19.1 Å². The van der Waals surface area contributed by atoms with Crippen molar-refractivity contribution in [2.24, 2.45) is 5.92 Å². The highest BCUT2D eigenvalue weighted by atomic mass is 16.5. The maximum Gasteiger partial charge on any atom is 0.307 e. The van der Waals surface area contributed by atoms with Crippen LogP contribution in [0.4, 0.5) is 0 Å². The van der Waals surface area contributed by atoms with E-state index in [1.807, 2.05) is 6.07 Å². The molecule has 0 bridgehead atoms. The van der Waals surface area contributed by atoms with E-state index in [2.05, 4.69) is 5.32 Å². The highest BCUT2D eigenvalue weighted by Crippen LogP contribution is 2.34. The van der Waals surface area contributed by atoms with Gasteiger partial charge in [0, 0.05) is 23.6 Å². The minimum atomic E-state index is -0.271. The Bertz CT molecular complexity index is 678. The van der Waals surface area contributed by atoms with Crippen molar-refractivity contribution in [1.82, 2.24) is 5.32 Å². The smallest absolute Gasteiger partial charge is 0.307 e. The largest absolute Gasteiger partial charge is 0.466 e. The number of Topliss-reactive ketones (excluding diaryl/α,β-unsaturated/α-hetero) is 1. The number of carbonyl (C=O) groups excluding carboxylic acids is 3. The third kappa shape index (κ3) is 4.47. The van der Waals surface area contributed by atoms with Crippen LogP contribution in [0.15, 0.2) is 18.2 Å². The van der Waals surface area contributed by atoms with E-state index < -0.39 is 0 Å². The van der Waals surface area contributed by atoms with Crippen LogP contribution in [-0.4, -0.2) is 30.3 Å². The molecule has 3 rings (SSSR count). The number of hydrogen-bond acceptors (Lipinski definition) is 4. The number of ether oxygens (including phenoxy) is 1. The van der Waals surface area contributed by atoms with Crippen LogP contribution in [0.5, 0.6) is 0 Å². The molecule has 5 nitrogen and oxygen atoms in total. The lowest BCUT2D eigenvalue weighted by molar-refractivity contribution is -0.143. The van der Waals surface area contributed by atoms with Gasteiger partial charge < -0.3 is 10.1 Å². The number of esters is 1. The average molecular weight is 343 g/mol. The summed E-state index contributed by atoms with van der Waals surface area (Å²) in [6.45, 7) is 2.13. The van der Waals surface area contributed by atoms with Gasteiger partial charge in [0.25, 0.3) is 5.91 Å². The molecule has 1 amide bonds. The van der Waals surface area contributed by atoms with Crippen LogP contribution >= 0.6 is 0 Å². The van der Waals surface area contributed by atoms with Crippen molar-refractivity contribution < 1.29 is 19.1 Å². The molecular formula is C20H25NO4. The Morgan fingerprint density at radius 1 is 1.24 bits per heavy atom. The Labute approximate surface area is 148 Å². The SMILES string of the molecule is CCOC(=O)C[C@H](NC(=O)c1ccc2c(c1)CCCCC2=O)C1CC1. The second-order valence-electron chi connectivity index (χ2n) is 6.93. The second-order valence-corrected chi connectivity index (χ2v) is 6.93. The highest BCUT2D eigenvalue weighted by molar-refractivity contribution is 6.00. The summed E-state index contributed by atoms with van der Waals surface area (Å²) < 4.78 is 5.01. The van der Waals surface area contributed by atoms with Gasteiger partial charge in [0.05, 0.1) is 13.0 Å². The summed E-state index contributed by atoms with van der Waals surface area (Å²) in [6.07, 6.45) is 5.56. The first-order chi connectivity index (χ1) is 12.1. The molecule has 0 saturated heterocycles. The van der Waals surface area contributed by atoms with Gasteiger partial charge in [-0.1, -0.05) is 6.07 Å². The first-order valence-electron chi connectivity index (χ1n) is 9.21. The van der Waals surface area contributed by atoms with Gasteiger partial charge in [0.2, 0.25) is 0 Å². The predicted molar refractivity (Wildman–Crippen MR) is 93.6 cm³/mol. The van der Waals surface area contributed by atoms with Crippen molar-refractivity contribution in [1.29, 1.82) is 0 Å². The second kappa shape index (κ2) is 7.81. The molecule has 25 heavy (non-hydrogen) atoms. The van der Waals surface area contributed by atoms with Crippen molar-refractivity contribution in [3.63, 3.8) is 0 Å². The molecule has 0 unspecified atom stereocenters. The maximum absolute atomic E-state index is 12.6. The average Bonchev–Trinajstić information content (AvgIpc) is 3.43. The quantitative estimate of drug-likeness (QED) is 0.636. The lowest BCUT2D eigenvalue weighted by atomic mass is 9.98. The van der Waals surface area contributed by atoms with Crippen molar-refractivity contribution in [2.75, 3.05) is 6.61 Å². The monoisotopic (exact) mass is 343 g/mol. The molecule has 1 atom stereocenters. The van der Waals surface area contributed by atoms with Gasteiger partial charge in [-0.2, -0.15) is 0 Å². The Morgan fingerprint density at radius 3 is 2.72 bits per heavy atom. The maximum atomic E-state index is 12.6. The van der Waals surface area contributed by atoms with E-state index in [1.165, 1.54) is 0 Å². The van der Waals surface area contributed by atoms with Gasteiger partial charge in [0.15, 0.2) is 5.78 Å². The minimum Gasteiger partial charge on any atom is -0.466 e. The fourth-order valence-corrected chi connectivity index (χ4v) is 3.43. The summed E-state index contributed by atoms with van der Waals surface area (Å²) in [4.78, 5) is 36.5. The number of benzene rings is 1. The number of ketones is 1. The Hall–Kier alpha value is -2.17. The number of carbonyl (C=O) groups is 3. The van der Waals surface area contributed by atoms with Crippen LogP contribution in [0, 0.1) is 5.92 Å². The van der Waals surface area contributed by atoms with Crippen LogP contribution in [0.2, 0.25) is 0 Å². The molecule has 1 N–H and O–H groups in total. The zero-order valence-corrected chi connectivity index (χ0v) is 14.7. The van der Waals surface area contributed by atoms with Crippen LogP contribution in [-0.2, 0) is 16.0 Å². The fraction of sp³-hybridized carbons (Fsp3) is 0.550. The van der Waals surface area contributed by atoms with Crippen LogP contribution < -0.4 is 5.32 Å². The van der Waals surface area contributed by atoms with Crippen LogP contribution in [0.3, 0.4) is 0 Å². The molecule has 0 spiro atoms. The van der Waals surface area contributed by atoms with E-state index in [0.717, 1.165) is 43.2 Å². The highest BCUT2D eigenvalue weighted by Gasteiger charge is 2.34. The molecule has 0 radical (unpaired) electrons. The third-order valence-corrected chi connectivity index (χ3v) is 4.97. The van der Waals surface area contributed by atoms with Crippen molar-refractivity contribution in [2.45, 2.75) is 57.9 Å². The Morgan fingerprint density at radius 2 is 2.00 bits per heavy atom. The summed E-state index contributed by atoms with van der Waals surface area (Å²) in [5.41, 5.74) is 2.27. The summed E-state index contributed by atoms with van der Waals surface area (Å²) in [5.74, 6) is 0.0707. The summed E-state index contributed by atoms with van der Waals surface area (Å²) in [6, 6.07) is 5.15. The number of hydrogen-bond donors (Lipinski definition) is 1. The summed E-state index contributed by atoms with van der Waals surface area (Å²) >= 11 is 0. The molecular weight excluding hydrogens is 318 g/mol. The molecule has 0 aromatic heterocycles. The number of aryl methyl sites for hydroxylation is 1. The van der Waals surface area contributed by atoms with Crippen molar-refractivity contribution >= 4 is 17.7 Å². The number of nitrogens with one attached hydrogen (secondary N) is 1. The molecule has 2 aliphatic carbocycles.